The van der Waals surface area contributed by atoms with E-state index in [0.29, 0.717) is 18.1 Å². The summed E-state index contributed by atoms with van der Waals surface area (Å²) in [6.45, 7) is 1.94. The third-order valence-corrected chi connectivity index (χ3v) is 7.88. The molecule has 2 aliphatic rings. The fraction of sp³-hybridized carbons (Fsp3) is 0.364. The number of carbonyl (C=O) groups excluding carboxylic acids is 2. The molecule has 0 bridgehead atoms. The number of ketones is 1. The molecule has 1 amide bonds. The molecule has 1 aromatic carbocycles. The number of para-hydroxylation sites is 1. The number of nitrogens with zero attached hydrogens (tertiary/aromatic N) is 1. The van der Waals surface area contributed by atoms with Crippen molar-refractivity contribution in [3.05, 3.63) is 48.4 Å². The van der Waals surface area contributed by atoms with Gasteiger partial charge in [-0.05, 0) is 50.2 Å². The van der Waals surface area contributed by atoms with Gasteiger partial charge in [-0.1, -0.05) is 12.1 Å². The van der Waals surface area contributed by atoms with Gasteiger partial charge in [0.25, 0.3) is 0 Å². The van der Waals surface area contributed by atoms with Crippen LogP contribution in [0.2, 0.25) is 0 Å². The van der Waals surface area contributed by atoms with E-state index >= 15 is 0 Å². The fourth-order valence-corrected chi connectivity index (χ4v) is 6.18. The van der Waals surface area contributed by atoms with Gasteiger partial charge < -0.3 is 19.1 Å². The van der Waals surface area contributed by atoms with Crippen LogP contribution in [-0.4, -0.2) is 45.7 Å². The van der Waals surface area contributed by atoms with E-state index in [1.165, 1.54) is 11.8 Å². The van der Waals surface area contributed by atoms with Gasteiger partial charge in [-0.2, -0.15) is 0 Å². The van der Waals surface area contributed by atoms with Crippen LogP contribution >= 0.6 is 23.4 Å². The molecular formula is C22H21ClN2O4S. The molecule has 2 aliphatic heterocycles. The molecule has 1 N–H and O–H groups in total. The van der Waals surface area contributed by atoms with Crippen molar-refractivity contribution in [3.63, 3.8) is 0 Å². The average Bonchev–Trinajstić information content (AvgIpc) is 3.49. The van der Waals surface area contributed by atoms with E-state index in [9.17, 15) is 9.59 Å². The van der Waals surface area contributed by atoms with Gasteiger partial charge in [-0.25, -0.2) is 0 Å². The summed E-state index contributed by atoms with van der Waals surface area (Å²) in [4.78, 5) is 26.9. The molecule has 1 unspecified atom stereocenters. The summed E-state index contributed by atoms with van der Waals surface area (Å²) >= 11 is 7.22. The fourth-order valence-electron chi connectivity index (χ4n) is 4.33. The molecule has 2 fully saturated rings. The molecule has 5 rings (SSSR count). The van der Waals surface area contributed by atoms with Crippen LogP contribution in [0.25, 0.3) is 22.3 Å². The number of nitrogens with one attached hydrogen (secondary N) is 1. The second-order valence-electron chi connectivity index (χ2n) is 7.63. The van der Waals surface area contributed by atoms with E-state index in [2.05, 4.69) is 5.32 Å². The topological polar surface area (TPSA) is 75.7 Å². The molecule has 6 nitrogen and oxygen atoms in total. The number of amides is 1. The van der Waals surface area contributed by atoms with Crippen LogP contribution < -0.4 is 5.32 Å². The number of benzene rings is 1. The quantitative estimate of drug-likeness (QED) is 0.473. The van der Waals surface area contributed by atoms with Crippen LogP contribution in [0.3, 0.4) is 0 Å². The lowest BCUT2D eigenvalue weighted by atomic mass is 10.0. The zero-order valence-corrected chi connectivity index (χ0v) is 17.8. The Hall–Kier alpha value is -2.22. The average molecular weight is 445 g/mol. The first kappa shape index (κ1) is 19.7. The Labute approximate surface area is 182 Å². The lowest BCUT2D eigenvalue weighted by Crippen LogP contribution is -2.50. The smallest absolute Gasteiger partial charge is 0.244 e. The summed E-state index contributed by atoms with van der Waals surface area (Å²) in [5, 5.41) is 3.61. The highest BCUT2D eigenvalue weighted by atomic mass is 35.5. The highest BCUT2D eigenvalue weighted by Gasteiger charge is 2.54. The maximum absolute atomic E-state index is 13.1. The van der Waals surface area contributed by atoms with Crippen molar-refractivity contribution in [1.82, 2.24) is 10.2 Å². The van der Waals surface area contributed by atoms with Crippen molar-refractivity contribution in [2.45, 2.75) is 29.5 Å². The summed E-state index contributed by atoms with van der Waals surface area (Å²) in [5.41, 5.74) is 1.64. The van der Waals surface area contributed by atoms with Crippen LogP contribution in [0.5, 0.6) is 0 Å². The molecular weight excluding hydrogens is 424 g/mol. The highest BCUT2D eigenvalue weighted by molar-refractivity contribution is 8.03. The summed E-state index contributed by atoms with van der Waals surface area (Å²) in [6, 6.07) is 11.6. The highest BCUT2D eigenvalue weighted by Crippen LogP contribution is 2.48. The molecule has 8 heteroatoms. The number of piperidine rings is 1. The minimum absolute atomic E-state index is 0.149. The van der Waals surface area contributed by atoms with Gasteiger partial charge in [0, 0.05) is 5.39 Å². The number of hydrogen-bond acceptors (Lipinski definition) is 6. The number of thioether (sulfide) groups is 1. The third kappa shape index (κ3) is 3.25. The molecule has 4 heterocycles. The van der Waals surface area contributed by atoms with Crippen LogP contribution in [0, 0.1) is 0 Å². The molecule has 3 aromatic rings. The summed E-state index contributed by atoms with van der Waals surface area (Å²) in [6.07, 6.45) is 3.23. The van der Waals surface area contributed by atoms with Crippen molar-refractivity contribution in [2.24, 2.45) is 0 Å². The van der Waals surface area contributed by atoms with Crippen LogP contribution in [0.1, 0.15) is 18.6 Å². The molecule has 156 valence electrons. The lowest BCUT2D eigenvalue weighted by molar-refractivity contribution is -0.136. The monoisotopic (exact) mass is 444 g/mol. The van der Waals surface area contributed by atoms with Crippen molar-refractivity contribution < 1.29 is 18.4 Å². The SMILES string of the molecule is O=C(CCl)C1SC2(CCNCC2)N(Cc2ccc(-c3cccc4ccoc34)o2)C1=O. The molecule has 0 aliphatic carbocycles. The van der Waals surface area contributed by atoms with Crippen molar-refractivity contribution in [2.75, 3.05) is 19.0 Å². The Bertz CT molecular complexity index is 1100. The van der Waals surface area contributed by atoms with Crippen LogP contribution in [0.4, 0.5) is 0 Å². The zero-order chi connectivity index (χ0) is 20.7. The van der Waals surface area contributed by atoms with Gasteiger partial charge in [0.1, 0.15) is 22.4 Å². The summed E-state index contributed by atoms with van der Waals surface area (Å²) < 4.78 is 11.7. The van der Waals surface area contributed by atoms with Crippen LogP contribution in [-0.2, 0) is 16.1 Å². The van der Waals surface area contributed by atoms with Gasteiger partial charge in [0.15, 0.2) is 5.78 Å². The molecule has 1 spiro atoms. The van der Waals surface area contributed by atoms with Gasteiger partial charge in [0.2, 0.25) is 5.91 Å². The third-order valence-electron chi connectivity index (χ3n) is 5.85. The molecule has 0 radical (unpaired) electrons. The number of Topliss-reactive ketones (excluding diaryl/α,β-unsaturated/α-hetero) is 1. The second kappa shape index (κ2) is 7.80. The van der Waals surface area contributed by atoms with E-state index in [-0.39, 0.29) is 17.6 Å². The number of carbonyl (C=O) groups is 2. The Morgan fingerprint density at radius 3 is 2.87 bits per heavy atom. The Kier molecular flexibility index (Phi) is 5.13. The Morgan fingerprint density at radius 2 is 2.07 bits per heavy atom. The first-order valence-corrected chi connectivity index (χ1v) is 11.4. The number of fused-ring (bicyclic) bond motifs is 1. The maximum atomic E-state index is 13.1. The van der Waals surface area contributed by atoms with E-state index < -0.39 is 10.1 Å². The Morgan fingerprint density at radius 1 is 1.23 bits per heavy atom. The van der Waals surface area contributed by atoms with Crippen LogP contribution in [0.15, 0.2) is 51.5 Å². The molecule has 2 aromatic heterocycles. The summed E-state index contributed by atoms with van der Waals surface area (Å²) in [7, 11) is 0. The largest absolute Gasteiger partial charge is 0.464 e. The standard InChI is InChI=1S/C22H21ClN2O4S/c23-12-17(26)20-21(27)25(22(30-20)7-9-24-10-8-22)13-15-4-5-18(29-15)16-3-1-2-14-6-11-28-19(14)16/h1-6,11,20,24H,7-10,12-13H2. The number of halogens is 1. The van der Waals surface area contributed by atoms with Gasteiger partial charge in [-0.3, -0.25) is 9.59 Å². The molecule has 2 saturated heterocycles. The zero-order valence-electron chi connectivity index (χ0n) is 16.2. The second-order valence-corrected chi connectivity index (χ2v) is 9.36. The minimum Gasteiger partial charge on any atom is -0.464 e. The van der Waals surface area contributed by atoms with Crippen molar-refractivity contribution in [3.8, 4) is 11.3 Å². The number of rotatable bonds is 5. The van der Waals surface area contributed by atoms with Gasteiger partial charge in [-0.15, -0.1) is 23.4 Å². The first-order valence-electron chi connectivity index (χ1n) is 9.95. The number of hydrogen-bond donors (Lipinski definition) is 1. The molecule has 30 heavy (non-hydrogen) atoms. The lowest BCUT2D eigenvalue weighted by Gasteiger charge is -2.40. The predicted molar refractivity (Wildman–Crippen MR) is 116 cm³/mol. The molecule has 1 atom stereocenters. The van der Waals surface area contributed by atoms with E-state index in [4.69, 9.17) is 20.4 Å². The van der Waals surface area contributed by atoms with E-state index in [1.807, 2.05) is 41.3 Å². The number of alkyl halides is 1. The van der Waals surface area contributed by atoms with Crippen molar-refractivity contribution in [1.29, 1.82) is 0 Å². The van der Waals surface area contributed by atoms with E-state index in [0.717, 1.165) is 42.5 Å². The Balaban J connectivity index is 1.45. The minimum atomic E-state index is -0.730. The first-order chi connectivity index (χ1) is 14.6. The maximum Gasteiger partial charge on any atom is 0.244 e. The number of furan rings is 2. The van der Waals surface area contributed by atoms with E-state index in [1.54, 1.807) is 6.26 Å². The van der Waals surface area contributed by atoms with Gasteiger partial charge >= 0.3 is 0 Å². The van der Waals surface area contributed by atoms with Gasteiger partial charge in [0.05, 0.1) is 29.1 Å². The molecule has 0 saturated carbocycles. The normalized spacial score (nSPS) is 21.0. The summed E-state index contributed by atoms with van der Waals surface area (Å²) in [5.74, 6) is 0.830. The van der Waals surface area contributed by atoms with Crippen molar-refractivity contribution >= 4 is 46.0 Å². The predicted octanol–water partition coefficient (Wildman–Crippen LogP) is 4.02.